The van der Waals surface area contributed by atoms with Gasteiger partial charge >= 0.3 is 0 Å². The Morgan fingerprint density at radius 2 is 1.86 bits per heavy atom. The Morgan fingerprint density at radius 3 is 2.50 bits per heavy atom. The molecule has 2 aromatic heterocycles. The van der Waals surface area contributed by atoms with Gasteiger partial charge in [-0.2, -0.15) is 5.10 Å². The van der Waals surface area contributed by atoms with Gasteiger partial charge in [-0.25, -0.2) is 4.39 Å². The number of halogens is 1. The molecule has 0 radical (unpaired) electrons. The van der Waals surface area contributed by atoms with Crippen molar-refractivity contribution in [2.45, 2.75) is 32.4 Å². The molecule has 0 saturated heterocycles. The van der Waals surface area contributed by atoms with Gasteiger partial charge in [0.1, 0.15) is 12.4 Å². The van der Waals surface area contributed by atoms with E-state index in [-0.39, 0.29) is 18.3 Å². The van der Waals surface area contributed by atoms with Gasteiger partial charge in [-0.1, -0.05) is 12.1 Å². The van der Waals surface area contributed by atoms with Crippen molar-refractivity contribution in [3.8, 4) is 11.3 Å². The van der Waals surface area contributed by atoms with Gasteiger partial charge in [-0.15, -0.1) is 0 Å². The maximum absolute atomic E-state index is 13.2. The van der Waals surface area contributed by atoms with Crippen LogP contribution in [-0.4, -0.2) is 32.8 Å². The molecule has 0 aliphatic carbocycles. The smallest absolute Gasteiger partial charge is 0.241 e. The Morgan fingerprint density at radius 1 is 1.18 bits per heavy atom. The first kappa shape index (κ1) is 19.7. The highest BCUT2D eigenvalue weighted by Crippen LogP contribution is 2.20. The summed E-state index contributed by atoms with van der Waals surface area (Å²) in [5.74, 6) is -0.443. The largest absolute Gasteiger partial charge is 0.353 e. The molecule has 0 bridgehead atoms. The number of pyridine rings is 1. The summed E-state index contributed by atoms with van der Waals surface area (Å²) < 4.78 is 14.9. The van der Waals surface area contributed by atoms with Crippen molar-refractivity contribution in [2.24, 2.45) is 5.73 Å². The zero-order valence-corrected chi connectivity index (χ0v) is 16.0. The van der Waals surface area contributed by atoms with Gasteiger partial charge in [0.05, 0.1) is 5.69 Å². The van der Waals surface area contributed by atoms with Crippen molar-refractivity contribution in [3.63, 3.8) is 0 Å². The zero-order chi connectivity index (χ0) is 20.1. The zero-order valence-electron chi connectivity index (χ0n) is 16.0. The van der Waals surface area contributed by atoms with Gasteiger partial charge in [0.2, 0.25) is 5.91 Å². The summed E-state index contributed by atoms with van der Waals surface area (Å²) in [5.41, 5.74) is 8.91. The van der Waals surface area contributed by atoms with Crippen LogP contribution in [0.25, 0.3) is 11.3 Å². The molecule has 1 aromatic carbocycles. The summed E-state index contributed by atoms with van der Waals surface area (Å²) in [6.45, 7) is 4.15. The standard InChI is InChI=1S/C21H24FN5O/c1-21(2,23)14-25-20(28)13-27-18(11-15-3-5-17(22)6-4-15)12-19(26-27)16-7-9-24-10-8-16/h3-10,12H,11,13-14,23H2,1-2H3,(H,25,28). The maximum atomic E-state index is 13.2. The monoisotopic (exact) mass is 381 g/mol. The average molecular weight is 381 g/mol. The highest BCUT2D eigenvalue weighted by atomic mass is 19.1. The van der Waals surface area contributed by atoms with E-state index in [1.165, 1.54) is 12.1 Å². The van der Waals surface area contributed by atoms with Crippen LogP contribution < -0.4 is 11.1 Å². The Balaban J connectivity index is 1.84. The molecule has 2 heterocycles. The molecule has 3 aromatic rings. The molecule has 0 fully saturated rings. The number of hydrogen-bond acceptors (Lipinski definition) is 4. The lowest BCUT2D eigenvalue weighted by Gasteiger charge is -2.19. The van der Waals surface area contributed by atoms with E-state index >= 15 is 0 Å². The van der Waals surface area contributed by atoms with Crippen LogP contribution >= 0.6 is 0 Å². The average Bonchev–Trinajstić information content (AvgIpc) is 3.04. The Bertz CT molecular complexity index is 930. The Kier molecular flexibility index (Phi) is 5.84. The minimum Gasteiger partial charge on any atom is -0.353 e. The van der Waals surface area contributed by atoms with Gasteiger partial charge < -0.3 is 11.1 Å². The summed E-state index contributed by atoms with van der Waals surface area (Å²) in [5, 5.41) is 7.44. The van der Waals surface area contributed by atoms with Crippen molar-refractivity contribution in [2.75, 3.05) is 6.54 Å². The molecule has 0 saturated carbocycles. The molecule has 0 aliphatic rings. The lowest BCUT2D eigenvalue weighted by molar-refractivity contribution is -0.122. The van der Waals surface area contributed by atoms with Crippen LogP contribution in [0.1, 0.15) is 25.1 Å². The second-order valence-electron chi connectivity index (χ2n) is 7.48. The van der Waals surface area contributed by atoms with Crippen molar-refractivity contribution >= 4 is 5.91 Å². The topological polar surface area (TPSA) is 85.8 Å². The molecule has 3 N–H and O–H groups in total. The fourth-order valence-electron chi connectivity index (χ4n) is 2.73. The summed E-state index contributed by atoms with van der Waals surface area (Å²) >= 11 is 0. The molecule has 28 heavy (non-hydrogen) atoms. The quantitative estimate of drug-likeness (QED) is 0.659. The first-order chi connectivity index (χ1) is 13.3. The fourth-order valence-corrected chi connectivity index (χ4v) is 2.73. The number of carbonyl (C=O) groups excluding carboxylic acids is 1. The number of nitrogens with two attached hydrogens (primary N) is 1. The van der Waals surface area contributed by atoms with E-state index in [0.29, 0.717) is 13.0 Å². The lowest BCUT2D eigenvalue weighted by Crippen LogP contribution is -2.46. The van der Waals surface area contributed by atoms with E-state index in [1.54, 1.807) is 29.2 Å². The third-order valence-corrected chi connectivity index (χ3v) is 4.17. The predicted octanol–water partition coefficient (Wildman–Crippen LogP) is 2.53. The summed E-state index contributed by atoms with van der Waals surface area (Å²) in [7, 11) is 0. The normalized spacial score (nSPS) is 11.4. The SMILES string of the molecule is CC(C)(N)CNC(=O)Cn1nc(-c2ccncc2)cc1Cc1ccc(F)cc1. The number of rotatable bonds is 7. The van der Waals surface area contributed by atoms with Crippen molar-refractivity contribution in [1.29, 1.82) is 0 Å². The van der Waals surface area contributed by atoms with Crippen LogP contribution in [0.2, 0.25) is 0 Å². The molecule has 7 heteroatoms. The first-order valence-electron chi connectivity index (χ1n) is 9.07. The molecular formula is C21H24FN5O. The number of aromatic nitrogens is 3. The fraction of sp³-hybridized carbons (Fsp3) is 0.286. The van der Waals surface area contributed by atoms with Crippen molar-refractivity contribution in [1.82, 2.24) is 20.1 Å². The maximum Gasteiger partial charge on any atom is 0.241 e. The molecule has 0 unspecified atom stereocenters. The number of amides is 1. The molecule has 0 spiro atoms. The second-order valence-corrected chi connectivity index (χ2v) is 7.48. The Hall–Kier alpha value is -3.06. The van der Waals surface area contributed by atoms with E-state index in [0.717, 1.165) is 22.5 Å². The van der Waals surface area contributed by atoms with Gasteiger partial charge in [0, 0.05) is 42.2 Å². The van der Waals surface area contributed by atoms with E-state index in [4.69, 9.17) is 5.73 Å². The van der Waals surface area contributed by atoms with Gasteiger partial charge in [0.25, 0.3) is 0 Å². The molecular weight excluding hydrogens is 357 g/mol. The van der Waals surface area contributed by atoms with Crippen LogP contribution in [0.5, 0.6) is 0 Å². The van der Waals surface area contributed by atoms with Crippen molar-refractivity contribution < 1.29 is 9.18 Å². The van der Waals surface area contributed by atoms with E-state index in [2.05, 4.69) is 15.4 Å². The van der Waals surface area contributed by atoms with Crippen LogP contribution in [-0.2, 0) is 17.8 Å². The number of nitrogens with zero attached hydrogens (tertiary/aromatic N) is 3. The third kappa shape index (κ3) is 5.47. The van der Waals surface area contributed by atoms with Crippen LogP contribution in [0.3, 0.4) is 0 Å². The number of benzene rings is 1. The second kappa shape index (κ2) is 8.31. The van der Waals surface area contributed by atoms with Crippen molar-refractivity contribution in [3.05, 3.63) is 71.9 Å². The summed E-state index contributed by atoms with van der Waals surface area (Å²) in [6, 6.07) is 12.0. The van der Waals surface area contributed by atoms with Crippen LogP contribution in [0, 0.1) is 5.82 Å². The first-order valence-corrected chi connectivity index (χ1v) is 9.07. The van der Waals surface area contributed by atoms with E-state index in [1.807, 2.05) is 32.0 Å². The molecule has 6 nitrogen and oxygen atoms in total. The van der Waals surface area contributed by atoms with Gasteiger partial charge in [-0.3, -0.25) is 14.5 Å². The minimum atomic E-state index is -0.487. The molecule has 3 rings (SSSR count). The van der Waals surface area contributed by atoms with Gasteiger partial charge in [0.15, 0.2) is 0 Å². The van der Waals surface area contributed by atoms with Crippen LogP contribution in [0.15, 0.2) is 54.9 Å². The highest BCUT2D eigenvalue weighted by Gasteiger charge is 2.16. The van der Waals surface area contributed by atoms with E-state index in [9.17, 15) is 9.18 Å². The van der Waals surface area contributed by atoms with Gasteiger partial charge in [-0.05, 0) is 49.7 Å². The van der Waals surface area contributed by atoms with E-state index < -0.39 is 5.54 Å². The minimum absolute atomic E-state index is 0.0810. The molecule has 0 aliphatic heterocycles. The molecule has 0 atom stereocenters. The number of hydrogen-bond donors (Lipinski definition) is 2. The molecule has 1 amide bonds. The van der Waals surface area contributed by atoms with Crippen LogP contribution in [0.4, 0.5) is 4.39 Å². The third-order valence-electron chi connectivity index (χ3n) is 4.17. The summed E-state index contributed by atoms with van der Waals surface area (Å²) in [6.07, 6.45) is 3.93. The lowest BCUT2D eigenvalue weighted by atomic mass is 10.1. The molecule has 146 valence electrons. The Labute approximate surface area is 163 Å². The number of nitrogens with one attached hydrogen (secondary N) is 1. The highest BCUT2D eigenvalue weighted by molar-refractivity contribution is 5.76. The summed E-state index contributed by atoms with van der Waals surface area (Å²) in [4.78, 5) is 16.4. The number of carbonyl (C=O) groups is 1. The predicted molar refractivity (Wildman–Crippen MR) is 106 cm³/mol.